The zero-order valence-electron chi connectivity index (χ0n) is 10.2. The molecule has 1 atom stereocenters. The topological polar surface area (TPSA) is 62.7 Å². The van der Waals surface area contributed by atoms with Crippen LogP contribution >= 0.6 is 0 Å². The first-order valence-electron chi connectivity index (χ1n) is 5.71. The largest absolute Gasteiger partial charge is 0.453 e. The van der Waals surface area contributed by atoms with Crippen LogP contribution in [0.25, 0.3) is 0 Å². The van der Waals surface area contributed by atoms with E-state index in [-0.39, 0.29) is 11.5 Å². The average Bonchev–Trinajstić information content (AvgIpc) is 2.42. The third kappa shape index (κ3) is 2.98. The van der Waals surface area contributed by atoms with E-state index in [1.54, 1.807) is 0 Å². The van der Waals surface area contributed by atoms with Gasteiger partial charge in [0.25, 0.3) is 0 Å². The van der Waals surface area contributed by atoms with E-state index in [1.165, 1.54) is 19.2 Å². The molecule has 1 aromatic carbocycles. The number of carbonyl (C=O) groups is 1. The summed E-state index contributed by atoms with van der Waals surface area (Å²) in [5.74, 6) is -1.60. The average molecular weight is 269 g/mol. The lowest BCUT2D eigenvalue weighted by atomic mass is 10.0. The van der Waals surface area contributed by atoms with Crippen LogP contribution in [0.4, 0.5) is 13.6 Å². The van der Waals surface area contributed by atoms with Crippen LogP contribution in [0.5, 0.6) is 0 Å². The quantitative estimate of drug-likeness (QED) is 0.815. The molecule has 1 aliphatic rings. The molecule has 0 bridgehead atoms. The molecule has 1 heterocycles. The fraction of sp³-hybridized carbons (Fsp3) is 0.333. The number of hydrogen-bond acceptors (Lipinski definition) is 4. The summed E-state index contributed by atoms with van der Waals surface area (Å²) in [5.41, 5.74) is 0.207. The fourth-order valence-corrected chi connectivity index (χ4v) is 1.83. The predicted molar refractivity (Wildman–Crippen MR) is 64.7 cm³/mol. The van der Waals surface area contributed by atoms with Gasteiger partial charge in [-0.15, -0.1) is 0 Å². The van der Waals surface area contributed by atoms with E-state index in [0.29, 0.717) is 13.0 Å². The highest BCUT2D eigenvalue weighted by Gasteiger charge is 2.22. The van der Waals surface area contributed by atoms with Gasteiger partial charge in [0.15, 0.2) is 11.6 Å². The summed E-state index contributed by atoms with van der Waals surface area (Å²) in [6.07, 6.45) is -0.168. The van der Waals surface area contributed by atoms with Crippen LogP contribution in [0.3, 0.4) is 0 Å². The van der Waals surface area contributed by atoms with Gasteiger partial charge in [0, 0.05) is 12.1 Å². The Morgan fingerprint density at radius 3 is 3.05 bits per heavy atom. The van der Waals surface area contributed by atoms with Crippen molar-refractivity contribution in [1.29, 1.82) is 0 Å². The van der Waals surface area contributed by atoms with Crippen LogP contribution in [-0.2, 0) is 4.74 Å². The summed E-state index contributed by atoms with van der Waals surface area (Å²) >= 11 is 0. The molecular formula is C12H13F2N3O2. The molecule has 5 nitrogen and oxygen atoms in total. The van der Waals surface area contributed by atoms with E-state index in [9.17, 15) is 13.6 Å². The number of amides is 1. The minimum Gasteiger partial charge on any atom is -0.453 e. The van der Waals surface area contributed by atoms with Crippen molar-refractivity contribution >= 4 is 12.1 Å². The van der Waals surface area contributed by atoms with Gasteiger partial charge in [-0.3, -0.25) is 10.3 Å². The molecule has 0 radical (unpaired) electrons. The zero-order chi connectivity index (χ0) is 13.8. The first kappa shape index (κ1) is 13.3. The molecule has 19 heavy (non-hydrogen) atoms. The van der Waals surface area contributed by atoms with E-state index in [1.807, 2.05) is 0 Å². The third-order valence-corrected chi connectivity index (χ3v) is 2.76. The van der Waals surface area contributed by atoms with Crippen LogP contribution in [0.2, 0.25) is 0 Å². The number of aliphatic imine (C=N–C) groups is 1. The van der Waals surface area contributed by atoms with Crippen molar-refractivity contribution in [3.8, 4) is 0 Å². The Bertz CT molecular complexity index is 520. The Labute approximate surface area is 108 Å². The molecule has 0 aliphatic carbocycles. The number of rotatable bonds is 1. The summed E-state index contributed by atoms with van der Waals surface area (Å²) in [5, 5.41) is 5.20. The van der Waals surface area contributed by atoms with E-state index >= 15 is 0 Å². The minimum atomic E-state index is -0.899. The number of ether oxygens (including phenoxy) is 1. The fourth-order valence-electron chi connectivity index (χ4n) is 1.83. The molecule has 1 aliphatic heterocycles. The first-order chi connectivity index (χ1) is 9.11. The molecule has 1 amide bonds. The van der Waals surface area contributed by atoms with Crippen LogP contribution in [0, 0.1) is 11.6 Å². The van der Waals surface area contributed by atoms with Crippen molar-refractivity contribution in [2.45, 2.75) is 12.5 Å². The van der Waals surface area contributed by atoms with Crippen LogP contribution in [0.15, 0.2) is 23.2 Å². The number of halogens is 2. The lowest BCUT2D eigenvalue weighted by Gasteiger charge is -2.25. The van der Waals surface area contributed by atoms with E-state index in [2.05, 4.69) is 20.4 Å². The minimum absolute atomic E-state index is 0.187. The Morgan fingerprint density at radius 2 is 2.32 bits per heavy atom. The second-order valence-electron chi connectivity index (χ2n) is 3.98. The van der Waals surface area contributed by atoms with Crippen molar-refractivity contribution in [3.05, 3.63) is 35.4 Å². The van der Waals surface area contributed by atoms with Crippen molar-refractivity contribution in [1.82, 2.24) is 10.6 Å². The van der Waals surface area contributed by atoms with Gasteiger partial charge in [-0.1, -0.05) is 12.1 Å². The Kier molecular flexibility index (Phi) is 3.94. The summed E-state index contributed by atoms with van der Waals surface area (Å²) in [7, 11) is 1.22. The molecular weight excluding hydrogens is 256 g/mol. The Morgan fingerprint density at radius 1 is 1.53 bits per heavy atom. The van der Waals surface area contributed by atoms with Gasteiger partial charge in [0.05, 0.1) is 13.2 Å². The third-order valence-electron chi connectivity index (χ3n) is 2.76. The van der Waals surface area contributed by atoms with Crippen molar-refractivity contribution in [2.75, 3.05) is 13.7 Å². The highest BCUT2D eigenvalue weighted by molar-refractivity contribution is 5.94. The van der Waals surface area contributed by atoms with Gasteiger partial charge < -0.3 is 10.1 Å². The number of nitrogens with zero attached hydrogens (tertiary/aromatic N) is 1. The first-order valence-corrected chi connectivity index (χ1v) is 5.71. The van der Waals surface area contributed by atoms with Crippen molar-refractivity contribution < 1.29 is 18.3 Å². The lowest BCUT2D eigenvalue weighted by Crippen LogP contribution is -2.45. The predicted octanol–water partition coefficient (Wildman–Crippen LogP) is 1.71. The Balaban J connectivity index is 2.13. The van der Waals surface area contributed by atoms with Crippen LogP contribution < -0.4 is 10.6 Å². The number of benzene rings is 1. The second kappa shape index (κ2) is 5.64. The molecule has 0 aromatic heterocycles. The molecule has 0 spiro atoms. The maximum Gasteiger partial charge on any atom is 0.413 e. The van der Waals surface area contributed by atoms with Crippen LogP contribution in [-0.4, -0.2) is 25.7 Å². The monoisotopic (exact) mass is 269 g/mol. The molecule has 102 valence electrons. The highest BCUT2D eigenvalue weighted by atomic mass is 19.2. The van der Waals surface area contributed by atoms with Gasteiger partial charge in [-0.25, -0.2) is 13.6 Å². The summed E-state index contributed by atoms with van der Waals surface area (Å²) in [6, 6.07) is 3.55. The zero-order valence-corrected chi connectivity index (χ0v) is 10.2. The standard InChI is InChI=1S/C12H13F2N3O2/c1-19-12(18)17-11-15-6-5-9(16-11)7-3-2-4-8(13)10(7)14/h2-4,9H,5-6H2,1H3,(H2,15,16,17,18). The molecule has 0 saturated carbocycles. The van der Waals surface area contributed by atoms with Gasteiger partial charge in [-0.2, -0.15) is 0 Å². The van der Waals surface area contributed by atoms with Gasteiger partial charge in [0.2, 0.25) is 5.96 Å². The molecule has 7 heteroatoms. The smallest absolute Gasteiger partial charge is 0.413 e. The van der Waals surface area contributed by atoms with Gasteiger partial charge in [0.1, 0.15) is 0 Å². The molecule has 2 N–H and O–H groups in total. The SMILES string of the molecule is COC(=O)NC1=NCCC(c2cccc(F)c2F)N1. The number of hydrogen-bond donors (Lipinski definition) is 2. The number of nitrogens with one attached hydrogen (secondary N) is 2. The lowest BCUT2D eigenvalue weighted by molar-refractivity contribution is 0.176. The number of alkyl carbamates (subject to hydrolysis) is 1. The number of methoxy groups -OCH3 is 1. The van der Waals surface area contributed by atoms with Crippen molar-refractivity contribution in [2.24, 2.45) is 4.99 Å². The molecule has 0 fully saturated rings. The highest BCUT2D eigenvalue weighted by Crippen LogP contribution is 2.23. The number of guanidine groups is 1. The summed E-state index contributed by atoms with van der Waals surface area (Å²) < 4.78 is 31.3. The van der Waals surface area contributed by atoms with Gasteiger partial charge >= 0.3 is 6.09 Å². The molecule has 2 rings (SSSR count). The summed E-state index contributed by atoms with van der Waals surface area (Å²) in [4.78, 5) is 15.1. The molecule has 0 saturated heterocycles. The maximum atomic E-state index is 13.7. The Hall–Kier alpha value is -2.18. The van der Waals surface area contributed by atoms with Gasteiger partial charge in [-0.05, 0) is 12.5 Å². The molecule has 1 aromatic rings. The van der Waals surface area contributed by atoms with Crippen LogP contribution in [0.1, 0.15) is 18.0 Å². The van der Waals surface area contributed by atoms with E-state index in [4.69, 9.17) is 0 Å². The summed E-state index contributed by atoms with van der Waals surface area (Å²) in [6.45, 7) is 0.396. The van der Waals surface area contributed by atoms with Crippen molar-refractivity contribution in [3.63, 3.8) is 0 Å². The molecule has 1 unspecified atom stereocenters. The second-order valence-corrected chi connectivity index (χ2v) is 3.98. The maximum absolute atomic E-state index is 13.7. The van der Waals surface area contributed by atoms with E-state index < -0.39 is 23.8 Å². The van der Waals surface area contributed by atoms with E-state index in [0.717, 1.165) is 6.07 Å². The normalized spacial score (nSPS) is 18.3. The number of carbonyl (C=O) groups excluding carboxylic acids is 1.